The predicted octanol–water partition coefficient (Wildman–Crippen LogP) is 4.81. The normalized spacial score (nSPS) is 12.8. The van der Waals surface area contributed by atoms with E-state index >= 15 is 0 Å². The average Bonchev–Trinajstić information content (AvgIpc) is 3.23. The van der Waals surface area contributed by atoms with Gasteiger partial charge in [-0.2, -0.15) is 13.2 Å². The van der Waals surface area contributed by atoms with Gasteiger partial charge in [0.15, 0.2) is 11.6 Å². The van der Waals surface area contributed by atoms with Crippen LogP contribution in [0.4, 0.5) is 24.7 Å². The second-order valence-corrected chi connectivity index (χ2v) is 6.79. The van der Waals surface area contributed by atoms with Crippen LogP contribution in [0, 0.1) is 0 Å². The number of aromatic nitrogens is 1. The Morgan fingerprint density at radius 2 is 1.93 bits per heavy atom. The lowest BCUT2D eigenvalue weighted by atomic mass is 9.98. The van der Waals surface area contributed by atoms with E-state index in [2.05, 4.69) is 15.6 Å². The molecule has 1 amide bonds. The van der Waals surface area contributed by atoms with E-state index in [1.165, 1.54) is 6.07 Å². The first kappa shape index (κ1) is 19.8. The van der Waals surface area contributed by atoms with Gasteiger partial charge in [0.25, 0.3) is 5.91 Å². The second-order valence-electron chi connectivity index (χ2n) is 6.79. The number of benzene rings is 2. The summed E-state index contributed by atoms with van der Waals surface area (Å²) in [7, 11) is 1.57. The zero-order valence-electron chi connectivity index (χ0n) is 16.0. The highest BCUT2D eigenvalue weighted by Gasteiger charge is 2.30. The van der Waals surface area contributed by atoms with E-state index in [1.54, 1.807) is 37.5 Å². The molecule has 8 heteroatoms. The molecule has 2 N–H and O–H groups in total. The quantitative estimate of drug-likeness (QED) is 0.645. The maximum Gasteiger partial charge on any atom is 0.416 e. The van der Waals surface area contributed by atoms with Gasteiger partial charge < -0.3 is 15.4 Å². The van der Waals surface area contributed by atoms with Crippen molar-refractivity contribution in [1.82, 2.24) is 10.3 Å². The van der Waals surface area contributed by atoms with Crippen molar-refractivity contribution in [3.8, 4) is 16.9 Å². The molecule has 0 bridgehead atoms. The molecule has 0 spiro atoms. The standard InChI is InChI=1S/C22H18F3N3O2/c1-26-21(29)14-5-2-4-13(10-14)18-12-27-20(19-17(18)8-9-30-19)28-16-7-3-6-15(11-16)22(23,24)25/h2-7,10-12H,8-9H2,1H3,(H,26,29)(H,27,28). The fourth-order valence-corrected chi connectivity index (χ4v) is 3.41. The van der Waals surface area contributed by atoms with Crippen LogP contribution in [0.1, 0.15) is 21.5 Å². The Bertz CT molecular complexity index is 1110. The minimum Gasteiger partial charge on any atom is -0.489 e. The van der Waals surface area contributed by atoms with Crippen molar-refractivity contribution in [2.24, 2.45) is 0 Å². The SMILES string of the molecule is CNC(=O)c1cccc(-c2cnc(Nc3cccc(C(F)(F)F)c3)c3c2CCO3)c1. The Hall–Kier alpha value is -3.55. The summed E-state index contributed by atoms with van der Waals surface area (Å²) in [6, 6.07) is 12.1. The molecule has 30 heavy (non-hydrogen) atoms. The Balaban J connectivity index is 1.70. The van der Waals surface area contributed by atoms with Crippen LogP contribution in [0.15, 0.2) is 54.7 Å². The zero-order valence-corrected chi connectivity index (χ0v) is 16.0. The van der Waals surface area contributed by atoms with E-state index in [9.17, 15) is 18.0 Å². The van der Waals surface area contributed by atoms with E-state index in [4.69, 9.17) is 4.74 Å². The number of rotatable bonds is 4. The zero-order chi connectivity index (χ0) is 21.3. The molecule has 0 radical (unpaired) electrons. The number of nitrogens with zero attached hydrogens (tertiary/aromatic N) is 1. The third-order valence-electron chi connectivity index (χ3n) is 4.85. The summed E-state index contributed by atoms with van der Waals surface area (Å²) in [5, 5.41) is 5.53. The molecule has 1 aromatic heterocycles. The van der Waals surface area contributed by atoms with Gasteiger partial charge in [0, 0.05) is 42.0 Å². The molecular weight excluding hydrogens is 395 g/mol. The fraction of sp³-hybridized carbons (Fsp3) is 0.182. The molecule has 154 valence electrons. The molecule has 3 aromatic rings. The van der Waals surface area contributed by atoms with Crippen molar-refractivity contribution in [2.45, 2.75) is 12.6 Å². The molecule has 0 unspecified atom stereocenters. The third kappa shape index (κ3) is 3.80. The van der Waals surface area contributed by atoms with Gasteiger partial charge in [0.1, 0.15) is 0 Å². The molecular formula is C22H18F3N3O2. The molecule has 1 aliphatic rings. The van der Waals surface area contributed by atoms with E-state index in [-0.39, 0.29) is 11.6 Å². The number of fused-ring (bicyclic) bond motifs is 1. The van der Waals surface area contributed by atoms with Crippen LogP contribution < -0.4 is 15.4 Å². The minimum atomic E-state index is -4.43. The maximum absolute atomic E-state index is 13.0. The number of anilines is 2. The molecule has 1 aliphatic heterocycles. The van der Waals surface area contributed by atoms with Crippen molar-refractivity contribution in [1.29, 1.82) is 0 Å². The number of amides is 1. The molecule has 0 aliphatic carbocycles. The molecule has 0 atom stereocenters. The van der Waals surface area contributed by atoms with Crippen LogP contribution in [0.25, 0.3) is 11.1 Å². The minimum absolute atomic E-state index is 0.194. The van der Waals surface area contributed by atoms with Crippen LogP contribution in [-0.4, -0.2) is 24.5 Å². The number of carbonyl (C=O) groups is 1. The number of carbonyl (C=O) groups excluding carboxylic acids is 1. The Labute approximate surface area is 170 Å². The number of alkyl halides is 3. The van der Waals surface area contributed by atoms with Crippen molar-refractivity contribution in [2.75, 3.05) is 19.0 Å². The third-order valence-corrected chi connectivity index (χ3v) is 4.85. The van der Waals surface area contributed by atoms with Crippen LogP contribution in [0.3, 0.4) is 0 Å². The number of ether oxygens (including phenoxy) is 1. The summed E-state index contributed by atoms with van der Waals surface area (Å²) in [5.41, 5.74) is 2.58. The monoisotopic (exact) mass is 413 g/mol. The fourth-order valence-electron chi connectivity index (χ4n) is 3.41. The largest absolute Gasteiger partial charge is 0.489 e. The molecule has 4 rings (SSSR count). The first-order chi connectivity index (χ1) is 14.4. The summed E-state index contributed by atoms with van der Waals surface area (Å²) in [6.45, 7) is 0.445. The lowest BCUT2D eigenvalue weighted by molar-refractivity contribution is -0.137. The summed E-state index contributed by atoms with van der Waals surface area (Å²) < 4.78 is 44.7. The van der Waals surface area contributed by atoms with Crippen molar-refractivity contribution < 1.29 is 22.7 Å². The van der Waals surface area contributed by atoms with Crippen LogP contribution >= 0.6 is 0 Å². The molecule has 5 nitrogen and oxygen atoms in total. The number of halogens is 3. The van der Waals surface area contributed by atoms with E-state index in [0.717, 1.165) is 28.8 Å². The van der Waals surface area contributed by atoms with E-state index < -0.39 is 11.7 Å². The molecule has 2 heterocycles. The summed E-state index contributed by atoms with van der Waals surface area (Å²) >= 11 is 0. The average molecular weight is 413 g/mol. The number of hydrogen-bond donors (Lipinski definition) is 2. The lowest BCUT2D eigenvalue weighted by Gasteiger charge is -2.14. The molecule has 0 saturated carbocycles. The second kappa shape index (κ2) is 7.70. The molecule has 0 saturated heterocycles. The smallest absolute Gasteiger partial charge is 0.416 e. The topological polar surface area (TPSA) is 63.2 Å². The summed E-state index contributed by atoms with van der Waals surface area (Å²) in [5.74, 6) is 0.670. The highest BCUT2D eigenvalue weighted by Crippen LogP contribution is 2.40. The van der Waals surface area contributed by atoms with Gasteiger partial charge in [0.05, 0.1) is 12.2 Å². The number of hydrogen-bond acceptors (Lipinski definition) is 4. The first-order valence-corrected chi connectivity index (χ1v) is 9.28. The summed E-state index contributed by atoms with van der Waals surface area (Å²) in [4.78, 5) is 16.3. The summed E-state index contributed by atoms with van der Waals surface area (Å²) in [6.07, 6.45) is -2.15. The van der Waals surface area contributed by atoms with Gasteiger partial charge in [-0.1, -0.05) is 18.2 Å². The van der Waals surface area contributed by atoms with Crippen LogP contribution in [-0.2, 0) is 12.6 Å². The Morgan fingerprint density at radius 1 is 1.13 bits per heavy atom. The van der Waals surface area contributed by atoms with Gasteiger partial charge in [-0.25, -0.2) is 4.98 Å². The maximum atomic E-state index is 13.0. The van der Waals surface area contributed by atoms with Gasteiger partial charge in [-0.05, 0) is 35.9 Å². The van der Waals surface area contributed by atoms with Crippen molar-refractivity contribution in [3.63, 3.8) is 0 Å². The highest BCUT2D eigenvalue weighted by atomic mass is 19.4. The Morgan fingerprint density at radius 3 is 2.70 bits per heavy atom. The van der Waals surface area contributed by atoms with Crippen LogP contribution in [0.2, 0.25) is 0 Å². The first-order valence-electron chi connectivity index (χ1n) is 9.28. The predicted molar refractivity (Wildman–Crippen MR) is 107 cm³/mol. The van der Waals surface area contributed by atoms with Gasteiger partial charge >= 0.3 is 6.18 Å². The van der Waals surface area contributed by atoms with E-state index in [1.807, 2.05) is 6.07 Å². The van der Waals surface area contributed by atoms with Gasteiger partial charge in [0.2, 0.25) is 0 Å². The molecule has 0 fully saturated rings. The van der Waals surface area contributed by atoms with Gasteiger partial charge in [-0.3, -0.25) is 4.79 Å². The Kier molecular flexibility index (Phi) is 5.07. The lowest BCUT2D eigenvalue weighted by Crippen LogP contribution is -2.17. The molecule has 2 aromatic carbocycles. The van der Waals surface area contributed by atoms with Crippen LogP contribution in [0.5, 0.6) is 5.75 Å². The highest BCUT2D eigenvalue weighted by molar-refractivity contribution is 5.95. The van der Waals surface area contributed by atoms with Crippen molar-refractivity contribution in [3.05, 3.63) is 71.4 Å². The van der Waals surface area contributed by atoms with E-state index in [0.29, 0.717) is 30.2 Å². The number of nitrogens with one attached hydrogen (secondary N) is 2. The van der Waals surface area contributed by atoms with Crippen molar-refractivity contribution >= 4 is 17.4 Å². The number of pyridine rings is 1. The van der Waals surface area contributed by atoms with Gasteiger partial charge in [-0.15, -0.1) is 0 Å².